The predicted molar refractivity (Wildman–Crippen MR) is 46.3 cm³/mol. The summed E-state index contributed by atoms with van der Waals surface area (Å²) in [6, 6.07) is 4.36. The molecule has 0 radical (unpaired) electrons. The largest absolute Gasteiger partial charge is 0.475 e. The molecule has 1 atom stereocenters. The Morgan fingerprint density at radius 3 is 3.18 bits per heavy atom. The van der Waals surface area contributed by atoms with Gasteiger partial charge in [-0.25, -0.2) is 4.99 Å². The molecule has 0 fully saturated rings. The molecule has 0 saturated carbocycles. The fraction of sp³-hybridized carbons (Fsp3) is 0.375. The summed E-state index contributed by atoms with van der Waals surface area (Å²) in [6.07, 6.45) is 0. The van der Waals surface area contributed by atoms with Gasteiger partial charge in [-0.05, 0) is 18.4 Å². The van der Waals surface area contributed by atoms with Crippen molar-refractivity contribution in [1.82, 2.24) is 0 Å². The lowest BCUT2D eigenvalue weighted by atomic mass is 10.4. The summed E-state index contributed by atoms with van der Waals surface area (Å²) in [5.41, 5.74) is 0. The normalized spacial score (nSPS) is 23.0. The Morgan fingerprint density at radius 2 is 2.64 bits per heavy atom. The van der Waals surface area contributed by atoms with Crippen molar-refractivity contribution in [3.8, 4) is 0 Å². The number of rotatable bonds is 1. The molecule has 0 unspecified atom stereocenters. The molecule has 58 valence electrons. The van der Waals surface area contributed by atoms with Crippen molar-refractivity contribution in [3.63, 3.8) is 0 Å². The number of hydrogen-bond acceptors (Lipinski definition) is 3. The number of aliphatic imine (C=N–C) groups is 1. The van der Waals surface area contributed by atoms with Crippen LogP contribution in [0.5, 0.6) is 0 Å². The van der Waals surface area contributed by atoms with Gasteiger partial charge in [0.05, 0.1) is 10.9 Å². The molecule has 1 aromatic heterocycles. The maximum Gasteiger partial charge on any atom is 0.226 e. The van der Waals surface area contributed by atoms with Gasteiger partial charge in [-0.15, -0.1) is 11.3 Å². The summed E-state index contributed by atoms with van der Waals surface area (Å²) in [5, 5.41) is 2.03. The molecule has 0 aromatic carbocycles. The Morgan fingerprint density at radius 1 is 1.73 bits per heavy atom. The smallest absolute Gasteiger partial charge is 0.226 e. The highest BCUT2D eigenvalue weighted by molar-refractivity contribution is 7.12. The minimum Gasteiger partial charge on any atom is -0.475 e. The van der Waals surface area contributed by atoms with Gasteiger partial charge >= 0.3 is 0 Å². The van der Waals surface area contributed by atoms with Crippen molar-refractivity contribution >= 4 is 17.2 Å². The van der Waals surface area contributed by atoms with Crippen molar-refractivity contribution in [1.29, 1.82) is 0 Å². The van der Waals surface area contributed by atoms with E-state index in [2.05, 4.69) is 11.9 Å². The summed E-state index contributed by atoms with van der Waals surface area (Å²) in [7, 11) is 0. The van der Waals surface area contributed by atoms with Crippen molar-refractivity contribution in [2.45, 2.75) is 13.0 Å². The molecule has 2 rings (SSSR count). The third-order valence-corrected chi connectivity index (χ3v) is 2.39. The van der Waals surface area contributed by atoms with E-state index < -0.39 is 0 Å². The molecule has 0 aliphatic carbocycles. The van der Waals surface area contributed by atoms with E-state index >= 15 is 0 Å². The second-order valence-corrected chi connectivity index (χ2v) is 3.52. The number of ether oxygens (including phenoxy) is 1. The molecule has 2 nitrogen and oxygen atoms in total. The first-order chi connectivity index (χ1) is 5.36. The molecule has 1 aliphatic heterocycles. The topological polar surface area (TPSA) is 21.6 Å². The van der Waals surface area contributed by atoms with Gasteiger partial charge < -0.3 is 4.74 Å². The monoisotopic (exact) mass is 167 g/mol. The van der Waals surface area contributed by atoms with Crippen LogP contribution >= 0.6 is 11.3 Å². The van der Waals surface area contributed by atoms with Gasteiger partial charge in [0, 0.05) is 0 Å². The highest BCUT2D eigenvalue weighted by atomic mass is 32.1. The van der Waals surface area contributed by atoms with Crippen LogP contribution in [0.15, 0.2) is 22.5 Å². The number of hydrogen-bond donors (Lipinski definition) is 0. The Bertz CT molecular complexity index is 266. The van der Waals surface area contributed by atoms with Gasteiger partial charge in [0.15, 0.2) is 0 Å². The lowest BCUT2D eigenvalue weighted by Gasteiger charge is -1.94. The SMILES string of the molecule is C[C@@H]1COC(c2cccs2)=N1. The third-order valence-electron chi connectivity index (χ3n) is 1.53. The second kappa shape index (κ2) is 2.66. The first kappa shape index (κ1) is 6.85. The van der Waals surface area contributed by atoms with E-state index in [1.54, 1.807) is 11.3 Å². The maximum atomic E-state index is 5.37. The van der Waals surface area contributed by atoms with E-state index in [-0.39, 0.29) is 0 Å². The molecule has 0 amide bonds. The summed E-state index contributed by atoms with van der Waals surface area (Å²) < 4.78 is 5.37. The van der Waals surface area contributed by atoms with Crippen molar-refractivity contribution in [3.05, 3.63) is 22.4 Å². The van der Waals surface area contributed by atoms with Gasteiger partial charge in [0.1, 0.15) is 6.61 Å². The van der Waals surface area contributed by atoms with Crippen LogP contribution in [-0.4, -0.2) is 18.5 Å². The lowest BCUT2D eigenvalue weighted by molar-refractivity contribution is 0.324. The first-order valence-corrected chi connectivity index (χ1v) is 4.49. The first-order valence-electron chi connectivity index (χ1n) is 3.61. The minimum absolute atomic E-state index is 0.326. The Kier molecular flexibility index (Phi) is 1.66. The highest BCUT2D eigenvalue weighted by Gasteiger charge is 2.15. The van der Waals surface area contributed by atoms with Crippen molar-refractivity contribution < 1.29 is 4.74 Å². The van der Waals surface area contributed by atoms with Crippen molar-refractivity contribution in [2.24, 2.45) is 4.99 Å². The molecular formula is C8H9NOS. The maximum absolute atomic E-state index is 5.37. The van der Waals surface area contributed by atoms with Gasteiger partial charge in [0.25, 0.3) is 0 Å². The second-order valence-electron chi connectivity index (χ2n) is 2.57. The average molecular weight is 167 g/mol. The van der Waals surface area contributed by atoms with Gasteiger partial charge in [0.2, 0.25) is 5.90 Å². The average Bonchev–Trinajstić information content (AvgIpc) is 2.55. The molecule has 11 heavy (non-hydrogen) atoms. The zero-order valence-electron chi connectivity index (χ0n) is 6.28. The Balaban J connectivity index is 2.25. The lowest BCUT2D eigenvalue weighted by Crippen LogP contribution is -1.99. The number of nitrogens with zero attached hydrogens (tertiary/aromatic N) is 1. The van der Waals surface area contributed by atoms with E-state index in [1.807, 2.05) is 17.5 Å². The van der Waals surface area contributed by atoms with E-state index in [9.17, 15) is 0 Å². The standard InChI is InChI=1S/C8H9NOS/c1-6-5-10-8(9-6)7-3-2-4-11-7/h2-4,6H,5H2,1H3/t6-/m1/s1. The quantitative estimate of drug-likeness (QED) is 0.626. The van der Waals surface area contributed by atoms with Crippen LogP contribution in [0.25, 0.3) is 0 Å². The molecule has 2 heterocycles. The van der Waals surface area contributed by atoms with Gasteiger partial charge in [-0.2, -0.15) is 0 Å². The molecule has 0 N–H and O–H groups in total. The molecular weight excluding hydrogens is 158 g/mol. The van der Waals surface area contributed by atoms with Crippen LogP contribution in [-0.2, 0) is 4.74 Å². The van der Waals surface area contributed by atoms with Crippen LogP contribution in [0.3, 0.4) is 0 Å². The molecule has 1 aliphatic rings. The summed E-state index contributed by atoms with van der Waals surface area (Å²) in [4.78, 5) is 5.47. The third kappa shape index (κ3) is 1.28. The van der Waals surface area contributed by atoms with Gasteiger partial charge in [-0.3, -0.25) is 0 Å². The highest BCUT2D eigenvalue weighted by Crippen LogP contribution is 2.15. The minimum atomic E-state index is 0.326. The van der Waals surface area contributed by atoms with E-state index in [0.29, 0.717) is 6.04 Å². The summed E-state index contributed by atoms with van der Waals surface area (Å²) in [5.74, 6) is 0.813. The van der Waals surface area contributed by atoms with E-state index in [1.165, 1.54) is 0 Å². The fourth-order valence-corrected chi connectivity index (χ4v) is 1.68. The zero-order chi connectivity index (χ0) is 7.68. The fourth-order valence-electron chi connectivity index (χ4n) is 1.01. The molecule has 0 spiro atoms. The molecule has 3 heteroatoms. The summed E-state index contributed by atoms with van der Waals surface area (Å²) in [6.45, 7) is 2.79. The van der Waals surface area contributed by atoms with E-state index in [0.717, 1.165) is 17.4 Å². The van der Waals surface area contributed by atoms with E-state index in [4.69, 9.17) is 4.74 Å². The number of thiophene rings is 1. The van der Waals surface area contributed by atoms with Crippen LogP contribution < -0.4 is 0 Å². The van der Waals surface area contributed by atoms with Crippen LogP contribution in [0.4, 0.5) is 0 Å². The van der Waals surface area contributed by atoms with Gasteiger partial charge in [-0.1, -0.05) is 6.07 Å². The predicted octanol–water partition coefficient (Wildman–Crippen LogP) is 1.91. The van der Waals surface area contributed by atoms with Crippen LogP contribution in [0.1, 0.15) is 11.8 Å². The molecule has 0 saturated heterocycles. The zero-order valence-corrected chi connectivity index (χ0v) is 7.10. The Hall–Kier alpha value is -0.830. The Labute approximate surface area is 69.5 Å². The molecule has 1 aromatic rings. The van der Waals surface area contributed by atoms with Crippen LogP contribution in [0, 0.1) is 0 Å². The van der Waals surface area contributed by atoms with Crippen molar-refractivity contribution in [2.75, 3.05) is 6.61 Å². The summed E-state index contributed by atoms with van der Waals surface area (Å²) >= 11 is 1.67. The van der Waals surface area contributed by atoms with Crippen LogP contribution in [0.2, 0.25) is 0 Å². The molecule has 0 bridgehead atoms.